The van der Waals surface area contributed by atoms with Crippen molar-refractivity contribution in [1.82, 2.24) is 14.9 Å². The summed E-state index contributed by atoms with van der Waals surface area (Å²) in [5.41, 5.74) is 6.51. The van der Waals surface area contributed by atoms with E-state index >= 15 is 0 Å². The topological polar surface area (TPSA) is 71.8 Å². The number of carbonyl (C=O) groups excluding carboxylic acids is 1. The molecule has 1 amide bonds. The standard InChI is InChI=1S/C21H23N5OS/c1-3-14-10-8-9-13-16(14)22-20(27)19-18(15-11-6-5-7-12-15)25-26-17(4-2)23-24-21(26)28-19/h5-13,18-19,25H,3-4H2,1-2H3,(H,22,27). The van der Waals surface area contributed by atoms with Gasteiger partial charge in [-0.15, -0.1) is 10.2 Å². The van der Waals surface area contributed by atoms with Gasteiger partial charge < -0.3 is 10.7 Å². The van der Waals surface area contributed by atoms with Crippen molar-refractivity contribution in [2.24, 2.45) is 0 Å². The molecule has 6 nitrogen and oxygen atoms in total. The van der Waals surface area contributed by atoms with E-state index in [1.807, 2.05) is 66.2 Å². The van der Waals surface area contributed by atoms with Crippen LogP contribution in [0.4, 0.5) is 5.69 Å². The first-order valence-electron chi connectivity index (χ1n) is 9.52. The largest absolute Gasteiger partial charge is 0.325 e. The minimum Gasteiger partial charge on any atom is -0.325 e. The monoisotopic (exact) mass is 393 g/mol. The molecule has 1 aliphatic heterocycles. The Kier molecular flexibility index (Phi) is 5.34. The van der Waals surface area contributed by atoms with E-state index in [2.05, 4.69) is 27.9 Å². The first kappa shape index (κ1) is 18.6. The first-order valence-corrected chi connectivity index (χ1v) is 10.4. The van der Waals surface area contributed by atoms with Crippen LogP contribution in [0.3, 0.4) is 0 Å². The molecule has 0 bridgehead atoms. The summed E-state index contributed by atoms with van der Waals surface area (Å²) in [5.74, 6) is 0.818. The van der Waals surface area contributed by atoms with Gasteiger partial charge in [0.05, 0.1) is 6.04 Å². The predicted molar refractivity (Wildman–Crippen MR) is 112 cm³/mol. The van der Waals surface area contributed by atoms with Gasteiger partial charge in [0, 0.05) is 12.1 Å². The maximum Gasteiger partial charge on any atom is 0.240 e. The fourth-order valence-corrected chi connectivity index (χ4v) is 4.49. The third-order valence-electron chi connectivity index (χ3n) is 4.89. The fraction of sp³-hybridized carbons (Fsp3) is 0.286. The third kappa shape index (κ3) is 3.49. The second-order valence-electron chi connectivity index (χ2n) is 6.64. The highest BCUT2D eigenvalue weighted by Crippen LogP contribution is 2.37. The Bertz CT molecular complexity index is 972. The van der Waals surface area contributed by atoms with Gasteiger partial charge in [0.15, 0.2) is 5.82 Å². The molecular formula is C21H23N5OS. The van der Waals surface area contributed by atoms with Gasteiger partial charge in [-0.25, -0.2) is 4.68 Å². The molecular weight excluding hydrogens is 370 g/mol. The number of aromatic nitrogens is 3. The average Bonchev–Trinajstić information content (AvgIpc) is 3.16. The number of nitrogens with one attached hydrogen (secondary N) is 2. The Morgan fingerprint density at radius 1 is 1.07 bits per heavy atom. The van der Waals surface area contributed by atoms with E-state index in [0.29, 0.717) is 5.16 Å². The summed E-state index contributed by atoms with van der Waals surface area (Å²) < 4.78 is 1.91. The highest BCUT2D eigenvalue weighted by Gasteiger charge is 2.37. The first-order chi connectivity index (χ1) is 13.7. The Labute approximate surface area is 168 Å². The third-order valence-corrected chi connectivity index (χ3v) is 6.11. The van der Waals surface area contributed by atoms with Gasteiger partial charge in [0.25, 0.3) is 0 Å². The van der Waals surface area contributed by atoms with E-state index in [1.54, 1.807) is 0 Å². The Balaban J connectivity index is 1.67. The lowest BCUT2D eigenvalue weighted by atomic mass is 10.0. The van der Waals surface area contributed by atoms with E-state index in [9.17, 15) is 4.79 Å². The molecule has 0 spiro atoms. The molecule has 3 aromatic rings. The van der Waals surface area contributed by atoms with Crippen LogP contribution in [0.2, 0.25) is 0 Å². The molecule has 2 N–H and O–H groups in total. The number of fused-ring (bicyclic) bond motifs is 1. The lowest BCUT2D eigenvalue weighted by Crippen LogP contribution is -2.41. The molecule has 0 aliphatic carbocycles. The number of benzene rings is 2. The van der Waals surface area contributed by atoms with Crippen molar-refractivity contribution in [2.45, 2.75) is 43.1 Å². The van der Waals surface area contributed by atoms with Crippen molar-refractivity contribution in [3.05, 3.63) is 71.5 Å². The van der Waals surface area contributed by atoms with Crippen LogP contribution >= 0.6 is 11.8 Å². The van der Waals surface area contributed by atoms with Gasteiger partial charge in [-0.1, -0.05) is 74.1 Å². The lowest BCUT2D eigenvalue weighted by molar-refractivity contribution is -0.116. The molecule has 4 rings (SSSR count). The lowest BCUT2D eigenvalue weighted by Gasteiger charge is -2.33. The number of para-hydroxylation sites is 1. The van der Waals surface area contributed by atoms with Crippen molar-refractivity contribution in [3.8, 4) is 0 Å². The molecule has 2 aromatic carbocycles. The van der Waals surface area contributed by atoms with Crippen LogP contribution in [0, 0.1) is 0 Å². The van der Waals surface area contributed by atoms with Crippen molar-refractivity contribution >= 4 is 23.4 Å². The molecule has 0 fully saturated rings. The second kappa shape index (κ2) is 8.06. The van der Waals surface area contributed by atoms with Crippen LogP contribution in [0.25, 0.3) is 0 Å². The molecule has 1 aromatic heterocycles. The smallest absolute Gasteiger partial charge is 0.240 e. The molecule has 28 heavy (non-hydrogen) atoms. The van der Waals surface area contributed by atoms with E-state index in [1.165, 1.54) is 11.8 Å². The zero-order valence-corrected chi connectivity index (χ0v) is 16.7. The number of hydrogen-bond acceptors (Lipinski definition) is 5. The van der Waals surface area contributed by atoms with Gasteiger partial charge in [0.2, 0.25) is 11.1 Å². The summed E-state index contributed by atoms with van der Waals surface area (Å²) in [6.45, 7) is 4.13. The number of amides is 1. The van der Waals surface area contributed by atoms with Crippen LogP contribution in [-0.2, 0) is 17.6 Å². The number of hydrogen-bond donors (Lipinski definition) is 2. The van der Waals surface area contributed by atoms with Crippen molar-refractivity contribution in [3.63, 3.8) is 0 Å². The molecule has 2 unspecified atom stereocenters. The Morgan fingerprint density at radius 3 is 2.57 bits per heavy atom. The molecule has 2 heterocycles. The summed E-state index contributed by atoms with van der Waals surface area (Å²) in [6.07, 6.45) is 1.63. The van der Waals surface area contributed by atoms with Crippen LogP contribution in [-0.4, -0.2) is 26.0 Å². The molecule has 1 aliphatic rings. The minimum atomic E-state index is -0.367. The van der Waals surface area contributed by atoms with Gasteiger partial charge in [0.1, 0.15) is 5.25 Å². The molecule has 2 atom stereocenters. The van der Waals surface area contributed by atoms with Gasteiger partial charge >= 0.3 is 0 Å². The summed E-state index contributed by atoms with van der Waals surface area (Å²) in [4.78, 5) is 13.3. The van der Waals surface area contributed by atoms with Gasteiger partial charge in [-0.3, -0.25) is 4.79 Å². The summed E-state index contributed by atoms with van der Waals surface area (Å²) in [7, 11) is 0. The maximum absolute atomic E-state index is 13.3. The highest BCUT2D eigenvalue weighted by atomic mass is 32.2. The van der Waals surface area contributed by atoms with E-state index < -0.39 is 0 Å². The van der Waals surface area contributed by atoms with Crippen molar-refractivity contribution in [1.29, 1.82) is 0 Å². The molecule has 0 radical (unpaired) electrons. The van der Waals surface area contributed by atoms with E-state index in [4.69, 9.17) is 0 Å². The van der Waals surface area contributed by atoms with Crippen LogP contribution in [0.15, 0.2) is 59.8 Å². The summed E-state index contributed by atoms with van der Waals surface area (Å²) >= 11 is 1.45. The Morgan fingerprint density at radius 2 is 1.82 bits per heavy atom. The molecule has 0 saturated carbocycles. The van der Waals surface area contributed by atoms with Crippen molar-refractivity contribution in [2.75, 3.05) is 10.7 Å². The maximum atomic E-state index is 13.3. The number of aryl methyl sites for hydroxylation is 2. The van der Waals surface area contributed by atoms with Crippen LogP contribution < -0.4 is 10.7 Å². The average molecular weight is 394 g/mol. The van der Waals surface area contributed by atoms with E-state index in [-0.39, 0.29) is 17.2 Å². The highest BCUT2D eigenvalue weighted by molar-refractivity contribution is 8.00. The van der Waals surface area contributed by atoms with Crippen molar-refractivity contribution < 1.29 is 4.79 Å². The predicted octanol–water partition coefficient (Wildman–Crippen LogP) is 3.80. The quantitative estimate of drug-likeness (QED) is 0.690. The number of carbonyl (C=O) groups is 1. The molecule has 144 valence electrons. The van der Waals surface area contributed by atoms with Crippen LogP contribution in [0.5, 0.6) is 0 Å². The second-order valence-corrected chi connectivity index (χ2v) is 7.75. The number of thioether (sulfide) groups is 1. The van der Waals surface area contributed by atoms with E-state index in [0.717, 1.165) is 35.5 Å². The minimum absolute atomic E-state index is 0.0421. The summed E-state index contributed by atoms with van der Waals surface area (Å²) in [6, 6.07) is 17.8. The fourth-order valence-electron chi connectivity index (χ4n) is 3.39. The molecule has 0 saturated heterocycles. The Hall–Kier alpha value is -2.80. The van der Waals surface area contributed by atoms with Gasteiger partial charge in [-0.05, 0) is 23.6 Å². The SMILES string of the molecule is CCc1ccccc1NC(=O)C1Sc2nnc(CC)n2NC1c1ccccc1. The number of anilines is 1. The molecule has 7 heteroatoms. The van der Waals surface area contributed by atoms with Gasteiger partial charge in [-0.2, -0.15) is 0 Å². The normalized spacial score (nSPS) is 18.2. The van der Waals surface area contributed by atoms with Crippen LogP contribution in [0.1, 0.15) is 36.8 Å². The number of rotatable bonds is 5. The summed E-state index contributed by atoms with van der Waals surface area (Å²) in [5, 5.41) is 12.0. The number of nitrogens with zero attached hydrogens (tertiary/aromatic N) is 3. The zero-order chi connectivity index (χ0) is 19.5. The zero-order valence-electron chi connectivity index (χ0n) is 15.9.